The summed E-state index contributed by atoms with van der Waals surface area (Å²) in [5, 5.41) is 8.14. The Labute approximate surface area is 142 Å². The van der Waals surface area contributed by atoms with E-state index in [0.29, 0.717) is 11.1 Å². The second-order valence-corrected chi connectivity index (χ2v) is 5.21. The summed E-state index contributed by atoms with van der Waals surface area (Å²) in [6.07, 6.45) is -1.21. The quantitative estimate of drug-likeness (QED) is 0.523. The molecule has 0 saturated heterocycles. The van der Waals surface area contributed by atoms with Gasteiger partial charge in [0.15, 0.2) is 0 Å². The van der Waals surface area contributed by atoms with Gasteiger partial charge in [-0.05, 0) is 24.3 Å². The maximum absolute atomic E-state index is 13.0. The minimum atomic E-state index is -4.43. The fourth-order valence-electron chi connectivity index (χ4n) is 2.37. The molecule has 0 radical (unpaired) electrons. The van der Waals surface area contributed by atoms with E-state index in [1.54, 1.807) is 16.9 Å². The Balaban J connectivity index is 2.01. The van der Waals surface area contributed by atoms with Crippen LogP contribution in [0, 0.1) is 0 Å². The fraction of sp³-hybridized carbons (Fsp3) is 0.111. The molecule has 0 aliphatic carbocycles. The second-order valence-electron chi connectivity index (χ2n) is 5.21. The highest BCUT2D eigenvalue weighted by Crippen LogP contribution is 2.30. The van der Waals surface area contributed by atoms with Gasteiger partial charge in [-0.3, -0.25) is 0 Å². The first-order valence-corrected chi connectivity index (χ1v) is 7.38. The summed E-state index contributed by atoms with van der Waals surface area (Å²) in [5.41, 5.74) is 1.20. The zero-order valence-electron chi connectivity index (χ0n) is 13.2. The van der Waals surface area contributed by atoms with Crippen LogP contribution in [0.3, 0.4) is 0 Å². The van der Waals surface area contributed by atoms with Crippen molar-refractivity contribution in [1.29, 1.82) is 0 Å². The molecule has 4 nitrogen and oxygen atoms in total. The molecule has 0 fully saturated rings. The van der Waals surface area contributed by atoms with Gasteiger partial charge in [-0.25, -0.2) is 4.68 Å². The van der Waals surface area contributed by atoms with Gasteiger partial charge in [0.2, 0.25) is 0 Å². The number of nitrogens with zero attached hydrogens (tertiary/aromatic N) is 3. The minimum Gasteiger partial charge on any atom is -0.399 e. The minimum absolute atomic E-state index is 0.274. The van der Waals surface area contributed by atoms with Crippen LogP contribution in [0.2, 0.25) is 0 Å². The van der Waals surface area contributed by atoms with Crippen molar-refractivity contribution < 1.29 is 18.0 Å². The van der Waals surface area contributed by atoms with E-state index in [-0.39, 0.29) is 5.71 Å². The number of para-hydroxylation sites is 1. The van der Waals surface area contributed by atoms with Crippen molar-refractivity contribution in [3.05, 3.63) is 83.7 Å². The van der Waals surface area contributed by atoms with E-state index in [0.717, 1.165) is 17.8 Å². The van der Waals surface area contributed by atoms with Crippen LogP contribution in [0.4, 0.5) is 13.2 Å². The van der Waals surface area contributed by atoms with E-state index in [1.165, 1.54) is 19.4 Å². The maximum atomic E-state index is 13.0. The van der Waals surface area contributed by atoms with Gasteiger partial charge in [-0.1, -0.05) is 35.5 Å². The molecule has 3 aromatic rings. The number of benzene rings is 2. The normalized spacial score (nSPS) is 12.2. The van der Waals surface area contributed by atoms with E-state index in [9.17, 15) is 13.2 Å². The SMILES string of the molecule is CO/N=C(/c1cccc(C(F)(F)F)c1)c1cnn(-c2ccccc2)c1. The molecule has 0 aliphatic heterocycles. The molecule has 0 bridgehead atoms. The van der Waals surface area contributed by atoms with Gasteiger partial charge >= 0.3 is 6.18 Å². The molecule has 0 unspecified atom stereocenters. The van der Waals surface area contributed by atoms with Gasteiger partial charge in [0.1, 0.15) is 12.8 Å². The molecule has 2 aromatic carbocycles. The van der Waals surface area contributed by atoms with Crippen LogP contribution in [0.5, 0.6) is 0 Å². The lowest BCUT2D eigenvalue weighted by Gasteiger charge is -2.09. The molecule has 1 aromatic heterocycles. The van der Waals surface area contributed by atoms with Crippen molar-refractivity contribution in [2.75, 3.05) is 7.11 Å². The topological polar surface area (TPSA) is 39.4 Å². The van der Waals surface area contributed by atoms with Gasteiger partial charge in [-0.2, -0.15) is 18.3 Å². The van der Waals surface area contributed by atoms with Gasteiger partial charge in [0, 0.05) is 17.3 Å². The molecule has 0 N–H and O–H groups in total. The predicted octanol–water partition coefficient (Wildman–Crippen LogP) is 4.29. The Morgan fingerprint density at radius 2 is 1.80 bits per heavy atom. The van der Waals surface area contributed by atoms with Crippen LogP contribution in [-0.2, 0) is 11.0 Å². The van der Waals surface area contributed by atoms with Crippen LogP contribution < -0.4 is 0 Å². The number of halogens is 3. The standard InChI is InChI=1S/C18H14F3N3O/c1-25-23-17(13-6-5-7-15(10-13)18(19,20)21)14-11-22-24(12-14)16-8-3-2-4-9-16/h2-12H,1H3/b23-17-. The molecule has 0 saturated carbocycles. The molecule has 128 valence electrons. The Bertz CT molecular complexity index is 886. The number of hydrogen-bond acceptors (Lipinski definition) is 3. The third-order valence-electron chi connectivity index (χ3n) is 3.52. The lowest BCUT2D eigenvalue weighted by atomic mass is 10.0. The van der Waals surface area contributed by atoms with Crippen LogP contribution in [0.1, 0.15) is 16.7 Å². The summed E-state index contributed by atoms with van der Waals surface area (Å²) in [6, 6.07) is 14.3. The Morgan fingerprint density at radius 3 is 2.48 bits per heavy atom. The number of alkyl halides is 3. The van der Waals surface area contributed by atoms with Gasteiger partial charge in [0.05, 0.1) is 17.4 Å². The Hall–Kier alpha value is -3.09. The summed E-state index contributed by atoms with van der Waals surface area (Å²) in [7, 11) is 1.34. The Morgan fingerprint density at radius 1 is 1.04 bits per heavy atom. The first-order valence-electron chi connectivity index (χ1n) is 7.38. The molecule has 25 heavy (non-hydrogen) atoms. The highest BCUT2D eigenvalue weighted by molar-refractivity contribution is 6.12. The molecule has 0 atom stereocenters. The molecule has 0 spiro atoms. The molecule has 3 rings (SSSR count). The highest BCUT2D eigenvalue weighted by atomic mass is 19.4. The molecule has 0 aliphatic rings. The van der Waals surface area contributed by atoms with E-state index >= 15 is 0 Å². The number of rotatable bonds is 4. The lowest BCUT2D eigenvalue weighted by Crippen LogP contribution is -2.09. The van der Waals surface area contributed by atoms with Crippen molar-refractivity contribution in [2.24, 2.45) is 5.16 Å². The third-order valence-corrected chi connectivity index (χ3v) is 3.52. The predicted molar refractivity (Wildman–Crippen MR) is 87.7 cm³/mol. The van der Waals surface area contributed by atoms with Crippen LogP contribution >= 0.6 is 0 Å². The summed E-state index contributed by atoms with van der Waals surface area (Å²) in [6.45, 7) is 0. The van der Waals surface area contributed by atoms with Crippen molar-refractivity contribution in [3.63, 3.8) is 0 Å². The number of aromatic nitrogens is 2. The van der Waals surface area contributed by atoms with Gasteiger partial charge in [-0.15, -0.1) is 0 Å². The number of hydrogen-bond donors (Lipinski definition) is 0. The van der Waals surface area contributed by atoms with Crippen LogP contribution in [0.15, 0.2) is 72.1 Å². The molecule has 1 heterocycles. The largest absolute Gasteiger partial charge is 0.416 e. The first-order chi connectivity index (χ1) is 12.0. The van der Waals surface area contributed by atoms with Gasteiger partial charge in [0.25, 0.3) is 0 Å². The molecular formula is C18H14F3N3O. The molecular weight excluding hydrogens is 331 g/mol. The van der Waals surface area contributed by atoms with Crippen molar-refractivity contribution in [3.8, 4) is 5.69 Å². The average molecular weight is 345 g/mol. The summed E-state index contributed by atoms with van der Waals surface area (Å²) < 4.78 is 40.5. The van der Waals surface area contributed by atoms with Crippen LogP contribution in [-0.4, -0.2) is 22.6 Å². The van der Waals surface area contributed by atoms with Crippen molar-refractivity contribution in [2.45, 2.75) is 6.18 Å². The second kappa shape index (κ2) is 6.80. The first kappa shape index (κ1) is 16.8. The van der Waals surface area contributed by atoms with E-state index in [2.05, 4.69) is 10.3 Å². The third kappa shape index (κ3) is 3.71. The van der Waals surface area contributed by atoms with E-state index in [1.807, 2.05) is 30.3 Å². The zero-order valence-corrected chi connectivity index (χ0v) is 13.2. The van der Waals surface area contributed by atoms with Gasteiger partial charge < -0.3 is 4.84 Å². The highest BCUT2D eigenvalue weighted by Gasteiger charge is 2.31. The van der Waals surface area contributed by atoms with E-state index in [4.69, 9.17) is 4.84 Å². The molecule has 0 amide bonds. The van der Waals surface area contributed by atoms with Crippen LogP contribution in [0.25, 0.3) is 5.69 Å². The fourth-order valence-corrected chi connectivity index (χ4v) is 2.37. The summed E-state index contributed by atoms with van der Waals surface area (Å²) in [5.74, 6) is 0. The molecule has 7 heteroatoms. The lowest BCUT2D eigenvalue weighted by molar-refractivity contribution is -0.137. The zero-order chi connectivity index (χ0) is 17.9. The summed E-state index contributed by atoms with van der Waals surface area (Å²) in [4.78, 5) is 4.82. The van der Waals surface area contributed by atoms with Crippen molar-refractivity contribution >= 4 is 5.71 Å². The maximum Gasteiger partial charge on any atom is 0.416 e. The smallest absolute Gasteiger partial charge is 0.399 e. The number of oxime groups is 1. The summed E-state index contributed by atoms with van der Waals surface area (Å²) >= 11 is 0. The monoisotopic (exact) mass is 345 g/mol. The average Bonchev–Trinajstić information content (AvgIpc) is 3.09. The van der Waals surface area contributed by atoms with E-state index < -0.39 is 11.7 Å². The van der Waals surface area contributed by atoms with Crippen molar-refractivity contribution in [1.82, 2.24) is 9.78 Å². The Kier molecular flexibility index (Phi) is 4.56.